The van der Waals surface area contributed by atoms with E-state index in [0.717, 1.165) is 23.1 Å². The molecule has 1 amide bonds. The van der Waals surface area contributed by atoms with E-state index in [9.17, 15) is 9.18 Å². The van der Waals surface area contributed by atoms with Crippen molar-refractivity contribution in [2.24, 2.45) is 0 Å². The second-order valence-electron chi connectivity index (χ2n) is 5.75. The first-order valence-corrected chi connectivity index (χ1v) is 7.77. The summed E-state index contributed by atoms with van der Waals surface area (Å²) in [7, 11) is 0. The van der Waals surface area contributed by atoms with E-state index in [0.29, 0.717) is 31.7 Å². The molecule has 2 aromatic rings. The topological polar surface area (TPSA) is 42.7 Å². The van der Waals surface area contributed by atoms with Gasteiger partial charge >= 0.3 is 0 Å². The summed E-state index contributed by atoms with van der Waals surface area (Å²) in [6.45, 7) is 8.11. The number of carbonyl (C=O) groups is 1. The highest BCUT2D eigenvalue weighted by Gasteiger charge is 2.41. The van der Waals surface area contributed by atoms with Gasteiger partial charge in [-0.1, -0.05) is 30.3 Å². The normalized spacial score (nSPS) is 18.7. The van der Waals surface area contributed by atoms with Crippen LogP contribution in [0.2, 0.25) is 0 Å². The third kappa shape index (κ3) is 2.89. The summed E-state index contributed by atoms with van der Waals surface area (Å²) in [6.07, 6.45) is 2.06. The minimum absolute atomic E-state index is 0.293. The number of fused-ring (bicyclic) bond motifs is 1. The van der Waals surface area contributed by atoms with Crippen LogP contribution in [0.25, 0.3) is 4.85 Å². The molecule has 1 atom stereocenters. The summed E-state index contributed by atoms with van der Waals surface area (Å²) >= 11 is 0. The van der Waals surface area contributed by atoms with Crippen LogP contribution < -0.4 is 5.32 Å². The van der Waals surface area contributed by atoms with Crippen molar-refractivity contribution in [2.45, 2.75) is 25.0 Å². The first-order chi connectivity index (χ1) is 11.7. The highest BCUT2D eigenvalue weighted by atomic mass is 19.1. The van der Waals surface area contributed by atoms with Crippen LogP contribution in [-0.2, 0) is 21.7 Å². The molecule has 122 valence electrons. The van der Waals surface area contributed by atoms with Gasteiger partial charge < -0.3 is 10.1 Å². The number of ether oxygens (including phenoxy) is 1. The van der Waals surface area contributed by atoms with Crippen LogP contribution in [0.4, 0.5) is 10.1 Å². The molecule has 0 spiro atoms. The number of halogens is 1. The molecule has 24 heavy (non-hydrogen) atoms. The van der Waals surface area contributed by atoms with Gasteiger partial charge in [0.15, 0.2) is 5.69 Å². The van der Waals surface area contributed by atoms with Crippen LogP contribution in [-0.4, -0.2) is 13.0 Å². The molecule has 0 saturated heterocycles. The number of nitrogens with one attached hydrogen (secondary N) is 1. The Hall–Kier alpha value is -2.71. The Morgan fingerprint density at radius 1 is 1.29 bits per heavy atom. The van der Waals surface area contributed by atoms with Gasteiger partial charge in [-0.25, -0.2) is 9.24 Å². The fourth-order valence-electron chi connectivity index (χ4n) is 3.25. The average molecular weight is 324 g/mol. The lowest BCUT2D eigenvalue weighted by molar-refractivity contribution is -0.109. The van der Waals surface area contributed by atoms with Crippen molar-refractivity contribution in [3.63, 3.8) is 0 Å². The van der Waals surface area contributed by atoms with E-state index in [1.54, 1.807) is 18.2 Å². The van der Waals surface area contributed by atoms with Crippen LogP contribution >= 0.6 is 0 Å². The molecule has 0 aliphatic carbocycles. The number of hydrogen-bond donors (Lipinski definition) is 1. The zero-order valence-corrected chi connectivity index (χ0v) is 13.1. The summed E-state index contributed by atoms with van der Waals surface area (Å²) in [5.41, 5.74) is 2.77. The molecule has 3 rings (SSSR count). The summed E-state index contributed by atoms with van der Waals surface area (Å²) in [5.74, 6) is -0.293. The number of hydrogen-bond acceptors (Lipinski definition) is 2. The van der Waals surface area contributed by atoms with E-state index in [4.69, 9.17) is 11.3 Å². The predicted octanol–water partition coefficient (Wildman–Crippen LogP) is 3.68. The number of nitrogens with zero attached hydrogens (tertiary/aromatic N) is 1. The molecule has 0 radical (unpaired) electrons. The van der Waals surface area contributed by atoms with Gasteiger partial charge in [0.05, 0.1) is 13.2 Å². The first-order valence-electron chi connectivity index (χ1n) is 7.77. The van der Waals surface area contributed by atoms with Gasteiger partial charge in [-0.05, 0) is 41.7 Å². The van der Waals surface area contributed by atoms with Gasteiger partial charge in [0.25, 0.3) is 0 Å². The van der Waals surface area contributed by atoms with E-state index in [-0.39, 0.29) is 5.82 Å². The molecule has 1 aliphatic rings. The average Bonchev–Trinajstić information content (AvgIpc) is 2.98. The predicted molar refractivity (Wildman–Crippen MR) is 88.0 cm³/mol. The third-order valence-electron chi connectivity index (χ3n) is 4.37. The van der Waals surface area contributed by atoms with Gasteiger partial charge in [0, 0.05) is 6.54 Å². The molecule has 0 fully saturated rings. The maximum absolute atomic E-state index is 13.3. The molecule has 1 aliphatic heterocycles. The molecule has 1 N–H and O–H groups in total. The van der Waals surface area contributed by atoms with Crippen LogP contribution in [0.15, 0.2) is 42.5 Å². The minimum atomic E-state index is -0.672. The number of benzene rings is 2. The highest BCUT2D eigenvalue weighted by Crippen LogP contribution is 2.46. The van der Waals surface area contributed by atoms with Crippen molar-refractivity contribution < 1.29 is 13.9 Å². The standard InChI is InChI=1S/C19H17FN2O2/c1-21-17-7-8-18-14(11-17)12-24-19(18,9-2-10-22-13-23)15-3-5-16(20)6-4-15/h3-8,11,13H,2,9-10,12H2,(H,22,23)/t19-/m0/s1. The maximum Gasteiger partial charge on any atom is 0.207 e. The van der Waals surface area contributed by atoms with Crippen LogP contribution in [0, 0.1) is 12.4 Å². The zero-order chi connectivity index (χ0) is 17.0. The monoisotopic (exact) mass is 324 g/mol. The fraction of sp³-hybridized carbons (Fsp3) is 0.263. The lowest BCUT2D eigenvalue weighted by atomic mass is 9.82. The van der Waals surface area contributed by atoms with Gasteiger partial charge in [-0.15, -0.1) is 0 Å². The molecule has 4 nitrogen and oxygen atoms in total. The van der Waals surface area contributed by atoms with Gasteiger partial charge in [0.1, 0.15) is 11.4 Å². The van der Waals surface area contributed by atoms with Crippen molar-refractivity contribution in [2.75, 3.05) is 6.54 Å². The summed E-state index contributed by atoms with van der Waals surface area (Å²) in [6, 6.07) is 11.9. The molecular weight excluding hydrogens is 307 g/mol. The fourth-order valence-corrected chi connectivity index (χ4v) is 3.25. The summed E-state index contributed by atoms with van der Waals surface area (Å²) in [5, 5.41) is 2.66. The summed E-state index contributed by atoms with van der Waals surface area (Å²) < 4.78 is 19.5. The van der Waals surface area contributed by atoms with Crippen molar-refractivity contribution >= 4 is 12.1 Å². The van der Waals surface area contributed by atoms with Gasteiger partial charge in [0.2, 0.25) is 6.41 Å². The molecule has 0 bridgehead atoms. The van der Waals surface area contributed by atoms with Crippen LogP contribution in [0.3, 0.4) is 0 Å². The van der Waals surface area contributed by atoms with Crippen molar-refractivity contribution in [3.05, 3.63) is 76.4 Å². The second kappa shape index (κ2) is 6.81. The van der Waals surface area contributed by atoms with Crippen molar-refractivity contribution in [3.8, 4) is 0 Å². The van der Waals surface area contributed by atoms with Gasteiger partial charge in [-0.3, -0.25) is 4.79 Å². The Balaban J connectivity index is 2.00. The van der Waals surface area contributed by atoms with E-state index >= 15 is 0 Å². The number of carbonyl (C=O) groups excluding carboxylic acids is 1. The molecule has 0 saturated carbocycles. The van der Waals surface area contributed by atoms with E-state index < -0.39 is 5.60 Å². The van der Waals surface area contributed by atoms with Crippen LogP contribution in [0.1, 0.15) is 29.5 Å². The number of amides is 1. The Morgan fingerprint density at radius 2 is 2.08 bits per heavy atom. The SMILES string of the molecule is [C-]#[N+]c1ccc2c(c1)CO[C@@]2(CCCNC=O)c1ccc(F)cc1. The Labute approximate surface area is 140 Å². The smallest absolute Gasteiger partial charge is 0.207 e. The van der Waals surface area contributed by atoms with Crippen molar-refractivity contribution in [1.29, 1.82) is 0 Å². The van der Waals surface area contributed by atoms with Crippen LogP contribution in [0.5, 0.6) is 0 Å². The lowest BCUT2D eigenvalue weighted by Crippen LogP contribution is -2.28. The Kier molecular flexibility index (Phi) is 4.59. The van der Waals surface area contributed by atoms with Gasteiger partial charge in [-0.2, -0.15) is 0 Å². The second-order valence-corrected chi connectivity index (χ2v) is 5.75. The molecular formula is C19H17FN2O2. The van der Waals surface area contributed by atoms with E-state index in [1.807, 2.05) is 12.1 Å². The third-order valence-corrected chi connectivity index (χ3v) is 4.37. The maximum atomic E-state index is 13.3. The first kappa shape index (κ1) is 16.2. The zero-order valence-electron chi connectivity index (χ0n) is 13.1. The van der Waals surface area contributed by atoms with E-state index in [2.05, 4.69) is 10.2 Å². The molecule has 0 unspecified atom stereocenters. The van der Waals surface area contributed by atoms with E-state index in [1.165, 1.54) is 12.1 Å². The molecule has 2 aromatic carbocycles. The largest absolute Gasteiger partial charge is 0.361 e. The Morgan fingerprint density at radius 3 is 2.79 bits per heavy atom. The number of rotatable bonds is 6. The molecule has 5 heteroatoms. The minimum Gasteiger partial charge on any atom is -0.361 e. The molecule has 1 heterocycles. The Bertz CT molecular complexity index is 783. The quantitative estimate of drug-likeness (QED) is 0.500. The highest BCUT2D eigenvalue weighted by molar-refractivity contribution is 5.54. The lowest BCUT2D eigenvalue weighted by Gasteiger charge is -2.30. The molecule has 0 aromatic heterocycles. The van der Waals surface area contributed by atoms with Crippen molar-refractivity contribution in [1.82, 2.24) is 5.32 Å². The summed E-state index contributed by atoms with van der Waals surface area (Å²) in [4.78, 5) is 13.9.